The third-order valence-electron chi connectivity index (χ3n) is 4.05. The topological polar surface area (TPSA) is 55.6 Å². The molecule has 1 aromatic carbocycles. The summed E-state index contributed by atoms with van der Waals surface area (Å²) < 4.78 is 7.55. The van der Waals surface area contributed by atoms with Crippen LogP contribution in [0.15, 0.2) is 42.7 Å². The lowest BCUT2D eigenvalue weighted by atomic mass is 10.1. The molecule has 0 radical (unpaired) electrons. The number of carbonyl (C=O) groups is 1. The number of imidazole rings is 1. The van der Waals surface area contributed by atoms with Crippen molar-refractivity contribution in [1.82, 2.24) is 14.7 Å². The summed E-state index contributed by atoms with van der Waals surface area (Å²) in [6.45, 7) is 6.42. The third kappa shape index (κ3) is 3.56. The van der Waals surface area contributed by atoms with Crippen LogP contribution in [0.3, 0.4) is 0 Å². The van der Waals surface area contributed by atoms with Gasteiger partial charge in [0, 0.05) is 12.4 Å². The monoisotopic (exact) mass is 323 g/mol. The van der Waals surface area contributed by atoms with E-state index in [9.17, 15) is 4.79 Å². The minimum atomic E-state index is -0.163. The van der Waals surface area contributed by atoms with Crippen LogP contribution in [0, 0.1) is 20.8 Å². The zero-order chi connectivity index (χ0) is 17.1. The minimum Gasteiger partial charge on any atom is -0.483 e. The van der Waals surface area contributed by atoms with Gasteiger partial charge in [0.2, 0.25) is 0 Å². The maximum Gasteiger partial charge on any atom is 0.258 e. The Balaban J connectivity index is 1.55. The molecule has 1 amide bonds. The van der Waals surface area contributed by atoms with Gasteiger partial charge >= 0.3 is 0 Å². The Bertz CT molecular complexity index is 883. The Morgan fingerprint density at radius 2 is 2.08 bits per heavy atom. The van der Waals surface area contributed by atoms with Gasteiger partial charge in [-0.25, -0.2) is 4.98 Å². The van der Waals surface area contributed by atoms with Crippen molar-refractivity contribution in [3.05, 3.63) is 65.1 Å². The number of ether oxygens (including phenoxy) is 1. The Labute approximate surface area is 141 Å². The van der Waals surface area contributed by atoms with Gasteiger partial charge < -0.3 is 14.5 Å². The lowest BCUT2D eigenvalue weighted by molar-refractivity contribution is -0.123. The Morgan fingerprint density at radius 3 is 2.92 bits per heavy atom. The molecule has 5 heteroatoms. The van der Waals surface area contributed by atoms with Gasteiger partial charge in [-0.2, -0.15) is 0 Å². The molecule has 3 aromatic rings. The van der Waals surface area contributed by atoms with Crippen molar-refractivity contribution < 1.29 is 9.53 Å². The Kier molecular flexibility index (Phi) is 4.51. The van der Waals surface area contributed by atoms with E-state index in [0.29, 0.717) is 6.54 Å². The molecule has 0 saturated heterocycles. The van der Waals surface area contributed by atoms with Crippen LogP contribution in [0.5, 0.6) is 5.75 Å². The number of pyridine rings is 1. The van der Waals surface area contributed by atoms with Crippen LogP contribution in [0.25, 0.3) is 5.65 Å². The van der Waals surface area contributed by atoms with Gasteiger partial charge in [-0.05, 0) is 55.7 Å². The van der Waals surface area contributed by atoms with Crippen molar-refractivity contribution in [2.24, 2.45) is 0 Å². The number of aryl methyl sites for hydroxylation is 2. The van der Waals surface area contributed by atoms with E-state index in [-0.39, 0.29) is 12.5 Å². The fourth-order valence-electron chi connectivity index (χ4n) is 2.49. The van der Waals surface area contributed by atoms with E-state index < -0.39 is 0 Å². The second-order valence-corrected chi connectivity index (χ2v) is 5.97. The number of nitrogens with zero attached hydrogens (tertiary/aromatic N) is 2. The SMILES string of the molecule is Cc1ccn2cc(CNC(=O)COc3cccc(C)c3C)nc2c1. The standard InChI is InChI=1S/C19H21N3O2/c1-13-7-8-22-11-16(21-18(22)9-13)10-20-19(23)12-24-17-6-4-5-14(2)15(17)3/h4-9,11H,10,12H2,1-3H3,(H,20,23). The second-order valence-electron chi connectivity index (χ2n) is 5.97. The first-order valence-corrected chi connectivity index (χ1v) is 7.93. The molecule has 0 atom stereocenters. The highest BCUT2D eigenvalue weighted by Crippen LogP contribution is 2.20. The van der Waals surface area contributed by atoms with Gasteiger partial charge in [0.05, 0.1) is 12.2 Å². The number of hydrogen-bond donors (Lipinski definition) is 1. The summed E-state index contributed by atoms with van der Waals surface area (Å²) in [5, 5.41) is 2.84. The molecule has 0 saturated carbocycles. The minimum absolute atomic E-state index is 0.00320. The molecule has 124 valence electrons. The van der Waals surface area contributed by atoms with E-state index in [4.69, 9.17) is 4.74 Å². The van der Waals surface area contributed by atoms with Gasteiger partial charge in [-0.15, -0.1) is 0 Å². The summed E-state index contributed by atoms with van der Waals surface area (Å²) in [5.74, 6) is 0.581. The number of nitrogens with one attached hydrogen (secondary N) is 1. The Morgan fingerprint density at radius 1 is 1.25 bits per heavy atom. The number of hydrogen-bond acceptors (Lipinski definition) is 3. The van der Waals surface area contributed by atoms with Crippen LogP contribution in [-0.4, -0.2) is 21.9 Å². The van der Waals surface area contributed by atoms with Crippen LogP contribution < -0.4 is 10.1 Å². The molecule has 0 fully saturated rings. The first-order chi connectivity index (χ1) is 11.5. The highest BCUT2D eigenvalue weighted by atomic mass is 16.5. The highest BCUT2D eigenvalue weighted by molar-refractivity contribution is 5.77. The third-order valence-corrected chi connectivity index (χ3v) is 4.05. The molecule has 0 aliphatic heterocycles. The molecule has 2 aromatic heterocycles. The van der Waals surface area contributed by atoms with Gasteiger partial charge in [0.1, 0.15) is 11.4 Å². The number of carbonyl (C=O) groups excluding carboxylic acids is 1. The van der Waals surface area contributed by atoms with Crippen LogP contribution in [0.1, 0.15) is 22.4 Å². The zero-order valence-electron chi connectivity index (χ0n) is 14.2. The van der Waals surface area contributed by atoms with Crippen LogP contribution >= 0.6 is 0 Å². The molecule has 3 rings (SSSR count). The van der Waals surface area contributed by atoms with E-state index >= 15 is 0 Å². The lowest BCUT2D eigenvalue weighted by Crippen LogP contribution is -2.28. The van der Waals surface area contributed by atoms with Gasteiger partial charge in [-0.1, -0.05) is 12.1 Å². The number of aromatic nitrogens is 2. The number of amides is 1. The van der Waals surface area contributed by atoms with E-state index in [1.54, 1.807) is 0 Å². The molecular formula is C19H21N3O2. The molecular weight excluding hydrogens is 302 g/mol. The quantitative estimate of drug-likeness (QED) is 0.785. The number of fused-ring (bicyclic) bond motifs is 1. The smallest absolute Gasteiger partial charge is 0.258 e. The summed E-state index contributed by atoms with van der Waals surface area (Å²) in [6.07, 6.45) is 3.88. The number of benzene rings is 1. The molecule has 24 heavy (non-hydrogen) atoms. The average Bonchev–Trinajstić information content (AvgIpc) is 2.96. The van der Waals surface area contributed by atoms with E-state index in [1.807, 2.05) is 67.9 Å². The first-order valence-electron chi connectivity index (χ1n) is 7.93. The largest absolute Gasteiger partial charge is 0.483 e. The second kappa shape index (κ2) is 6.74. The fraction of sp³-hybridized carbons (Fsp3) is 0.263. The number of rotatable bonds is 5. The summed E-state index contributed by atoms with van der Waals surface area (Å²) >= 11 is 0. The molecule has 0 aliphatic carbocycles. The lowest BCUT2D eigenvalue weighted by Gasteiger charge is -2.10. The molecule has 0 unspecified atom stereocenters. The van der Waals surface area contributed by atoms with Crippen molar-refractivity contribution in [3.8, 4) is 5.75 Å². The van der Waals surface area contributed by atoms with Crippen molar-refractivity contribution in [2.45, 2.75) is 27.3 Å². The van der Waals surface area contributed by atoms with Gasteiger partial charge in [0.15, 0.2) is 6.61 Å². The van der Waals surface area contributed by atoms with Crippen molar-refractivity contribution in [1.29, 1.82) is 0 Å². The van der Waals surface area contributed by atoms with Crippen molar-refractivity contribution >= 4 is 11.6 Å². The average molecular weight is 323 g/mol. The molecule has 0 bridgehead atoms. The summed E-state index contributed by atoms with van der Waals surface area (Å²) in [4.78, 5) is 16.5. The predicted molar refractivity (Wildman–Crippen MR) is 93.2 cm³/mol. The molecule has 1 N–H and O–H groups in total. The van der Waals surface area contributed by atoms with E-state index in [0.717, 1.165) is 33.8 Å². The fourth-order valence-corrected chi connectivity index (χ4v) is 2.49. The highest BCUT2D eigenvalue weighted by Gasteiger charge is 2.07. The van der Waals surface area contributed by atoms with Gasteiger partial charge in [-0.3, -0.25) is 4.79 Å². The van der Waals surface area contributed by atoms with Crippen molar-refractivity contribution in [3.63, 3.8) is 0 Å². The molecule has 5 nitrogen and oxygen atoms in total. The van der Waals surface area contributed by atoms with Crippen LogP contribution in [0.4, 0.5) is 0 Å². The normalized spacial score (nSPS) is 10.8. The van der Waals surface area contributed by atoms with E-state index in [1.165, 1.54) is 0 Å². The summed E-state index contributed by atoms with van der Waals surface area (Å²) in [5.41, 5.74) is 5.06. The summed E-state index contributed by atoms with van der Waals surface area (Å²) in [6, 6.07) is 9.85. The van der Waals surface area contributed by atoms with Gasteiger partial charge in [0.25, 0.3) is 5.91 Å². The zero-order valence-corrected chi connectivity index (χ0v) is 14.2. The van der Waals surface area contributed by atoms with Crippen LogP contribution in [-0.2, 0) is 11.3 Å². The summed E-state index contributed by atoms with van der Waals surface area (Å²) in [7, 11) is 0. The maximum atomic E-state index is 12.0. The maximum absolute atomic E-state index is 12.0. The van der Waals surface area contributed by atoms with Crippen molar-refractivity contribution in [2.75, 3.05) is 6.61 Å². The molecule has 0 spiro atoms. The molecule has 2 heterocycles. The van der Waals surface area contributed by atoms with Crippen LogP contribution in [0.2, 0.25) is 0 Å². The Hall–Kier alpha value is -2.82. The molecule has 0 aliphatic rings. The predicted octanol–water partition coefficient (Wildman–Crippen LogP) is 2.95. The first kappa shape index (κ1) is 16.1. The van der Waals surface area contributed by atoms with E-state index in [2.05, 4.69) is 10.3 Å².